The van der Waals surface area contributed by atoms with Gasteiger partial charge in [-0.15, -0.1) is 0 Å². The van der Waals surface area contributed by atoms with E-state index in [0.29, 0.717) is 66.1 Å². The Morgan fingerprint density at radius 1 is 0.773 bits per heavy atom. The van der Waals surface area contributed by atoms with Gasteiger partial charge in [-0.05, 0) is 5.56 Å². The Labute approximate surface area is 132 Å². The first-order chi connectivity index (χ1) is 10.9. The van der Waals surface area contributed by atoms with E-state index in [4.69, 9.17) is 23.7 Å². The fourth-order valence-electron chi connectivity index (χ4n) is 2.12. The molecular formula is C17H26O5. The van der Waals surface area contributed by atoms with Gasteiger partial charge in [0, 0.05) is 5.92 Å². The molecule has 0 spiro atoms. The zero-order valence-corrected chi connectivity index (χ0v) is 13.1. The SMILES string of the molecule is c1ccc(COCC2COCCOCCOCCOC2)cc1. The van der Waals surface area contributed by atoms with Gasteiger partial charge in [-0.25, -0.2) is 0 Å². The van der Waals surface area contributed by atoms with Crippen molar-refractivity contribution in [1.29, 1.82) is 0 Å². The van der Waals surface area contributed by atoms with Gasteiger partial charge in [0.2, 0.25) is 0 Å². The second-order valence-corrected chi connectivity index (χ2v) is 5.24. The predicted molar refractivity (Wildman–Crippen MR) is 82.9 cm³/mol. The third-order valence-corrected chi connectivity index (χ3v) is 3.29. The van der Waals surface area contributed by atoms with Crippen molar-refractivity contribution >= 4 is 0 Å². The molecule has 0 N–H and O–H groups in total. The predicted octanol–water partition coefficient (Wildman–Crippen LogP) is 1.90. The minimum atomic E-state index is 0.226. The van der Waals surface area contributed by atoms with Crippen LogP contribution in [-0.4, -0.2) is 59.5 Å². The molecule has 0 unspecified atom stereocenters. The fourth-order valence-corrected chi connectivity index (χ4v) is 2.12. The molecule has 124 valence electrons. The normalized spacial score (nSPS) is 19.8. The Morgan fingerprint density at radius 3 is 1.91 bits per heavy atom. The van der Waals surface area contributed by atoms with Crippen molar-refractivity contribution in [3.63, 3.8) is 0 Å². The molecule has 2 rings (SSSR count). The van der Waals surface area contributed by atoms with Crippen LogP contribution in [0.2, 0.25) is 0 Å². The lowest BCUT2D eigenvalue weighted by molar-refractivity contribution is -0.0212. The van der Waals surface area contributed by atoms with Crippen molar-refractivity contribution in [3.8, 4) is 0 Å². The van der Waals surface area contributed by atoms with Gasteiger partial charge in [0.05, 0.1) is 66.1 Å². The summed E-state index contributed by atoms with van der Waals surface area (Å²) in [5.41, 5.74) is 1.18. The standard InChI is InChI=1S/C17H26O5/c1-2-4-16(5-3-1)12-22-15-17-13-20-10-8-18-6-7-19-9-11-21-14-17/h1-5,17H,6-15H2. The molecular weight excluding hydrogens is 284 g/mol. The molecule has 0 aliphatic carbocycles. The molecule has 22 heavy (non-hydrogen) atoms. The maximum absolute atomic E-state index is 5.79. The Kier molecular flexibility index (Phi) is 9.14. The van der Waals surface area contributed by atoms with Crippen molar-refractivity contribution in [1.82, 2.24) is 0 Å². The summed E-state index contributed by atoms with van der Waals surface area (Å²) in [6.45, 7) is 6.08. The quantitative estimate of drug-likeness (QED) is 0.850. The van der Waals surface area contributed by atoms with Crippen molar-refractivity contribution < 1.29 is 23.7 Å². The topological polar surface area (TPSA) is 46.2 Å². The van der Waals surface area contributed by atoms with Gasteiger partial charge in [0.15, 0.2) is 0 Å². The lowest BCUT2D eigenvalue weighted by atomic mass is 10.2. The van der Waals surface area contributed by atoms with Gasteiger partial charge in [-0.3, -0.25) is 0 Å². The molecule has 0 amide bonds. The first kappa shape index (κ1) is 17.4. The van der Waals surface area contributed by atoms with E-state index in [1.807, 2.05) is 18.2 Å². The van der Waals surface area contributed by atoms with Crippen LogP contribution in [0.3, 0.4) is 0 Å². The van der Waals surface area contributed by atoms with Crippen LogP contribution < -0.4 is 0 Å². The molecule has 0 atom stereocenters. The maximum atomic E-state index is 5.79. The lowest BCUT2D eigenvalue weighted by Crippen LogP contribution is -2.23. The van der Waals surface area contributed by atoms with Crippen LogP contribution in [0.5, 0.6) is 0 Å². The maximum Gasteiger partial charge on any atom is 0.0717 e. The summed E-state index contributed by atoms with van der Waals surface area (Å²) in [7, 11) is 0. The van der Waals surface area contributed by atoms with Crippen LogP contribution in [0.25, 0.3) is 0 Å². The van der Waals surface area contributed by atoms with E-state index in [9.17, 15) is 0 Å². The number of rotatable bonds is 4. The van der Waals surface area contributed by atoms with E-state index in [1.165, 1.54) is 5.56 Å². The van der Waals surface area contributed by atoms with Crippen molar-refractivity contribution in [3.05, 3.63) is 35.9 Å². The van der Waals surface area contributed by atoms with Crippen LogP contribution in [-0.2, 0) is 30.3 Å². The van der Waals surface area contributed by atoms with Crippen molar-refractivity contribution in [2.45, 2.75) is 6.61 Å². The van der Waals surface area contributed by atoms with Crippen LogP contribution in [0.4, 0.5) is 0 Å². The molecule has 5 heteroatoms. The fraction of sp³-hybridized carbons (Fsp3) is 0.647. The summed E-state index contributed by atoms with van der Waals surface area (Å²) >= 11 is 0. The average molecular weight is 310 g/mol. The molecule has 1 aliphatic heterocycles. The number of hydrogen-bond donors (Lipinski definition) is 0. The summed E-state index contributed by atoms with van der Waals surface area (Å²) < 4.78 is 27.9. The van der Waals surface area contributed by atoms with Crippen molar-refractivity contribution in [2.24, 2.45) is 5.92 Å². The van der Waals surface area contributed by atoms with E-state index in [0.717, 1.165) is 0 Å². The second-order valence-electron chi connectivity index (χ2n) is 5.24. The van der Waals surface area contributed by atoms with Gasteiger partial charge < -0.3 is 23.7 Å². The van der Waals surface area contributed by atoms with E-state index in [-0.39, 0.29) is 5.92 Å². The second kappa shape index (κ2) is 11.6. The van der Waals surface area contributed by atoms with Crippen LogP contribution in [0.1, 0.15) is 5.56 Å². The van der Waals surface area contributed by atoms with E-state index < -0.39 is 0 Å². The number of hydrogen-bond acceptors (Lipinski definition) is 5. The van der Waals surface area contributed by atoms with Crippen molar-refractivity contribution in [2.75, 3.05) is 59.5 Å². The molecule has 1 aromatic carbocycles. The minimum Gasteiger partial charge on any atom is -0.379 e. The van der Waals surface area contributed by atoms with Crippen LogP contribution >= 0.6 is 0 Å². The van der Waals surface area contributed by atoms with Gasteiger partial charge >= 0.3 is 0 Å². The molecule has 1 fully saturated rings. The summed E-state index contributed by atoms with van der Waals surface area (Å²) in [5, 5.41) is 0. The largest absolute Gasteiger partial charge is 0.379 e. The number of ether oxygens (including phenoxy) is 5. The van der Waals surface area contributed by atoms with Crippen LogP contribution in [0, 0.1) is 5.92 Å². The Balaban J connectivity index is 1.68. The highest BCUT2D eigenvalue weighted by Crippen LogP contribution is 2.05. The highest BCUT2D eigenvalue weighted by atomic mass is 16.6. The molecule has 0 bridgehead atoms. The van der Waals surface area contributed by atoms with Gasteiger partial charge in [-0.2, -0.15) is 0 Å². The summed E-state index contributed by atoms with van der Waals surface area (Å²) in [6, 6.07) is 10.2. The third-order valence-electron chi connectivity index (χ3n) is 3.29. The number of benzene rings is 1. The molecule has 1 aliphatic rings. The third kappa shape index (κ3) is 7.87. The average Bonchev–Trinajstić information content (AvgIpc) is 2.58. The molecule has 1 aromatic rings. The van der Waals surface area contributed by atoms with Gasteiger partial charge in [0.25, 0.3) is 0 Å². The highest BCUT2D eigenvalue weighted by Gasteiger charge is 2.11. The monoisotopic (exact) mass is 310 g/mol. The van der Waals surface area contributed by atoms with Gasteiger partial charge in [0.1, 0.15) is 0 Å². The summed E-state index contributed by atoms with van der Waals surface area (Å²) in [5.74, 6) is 0.226. The zero-order valence-electron chi connectivity index (χ0n) is 13.1. The summed E-state index contributed by atoms with van der Waals surface area (Å²) in [6.07, 6.45) is 0. The van der Waals surface area contributed by atoms with E-state index >= 15 is 0 Å². The highest BCUT2D eigenvalue weighted by molar-refractivity contribution is 5.13. The Hall–Kier alpha value is -0.980. The molecule has 5 nitrogen and oxygen atoms in total. The zero-order chi connectivity index (χ0) is 15.3. The Morgan fingerprint density at radius 2 is 1.32 bits per heavy atom. The molecule has 0 aromatic heterocycles. The molecule has 0 saturated carbocycles. The minimum absolute atomic E-state index is 0.226. The first-order valence-electron chi connectivity index (χ1n) is 7.88. The smallest absolute Gasteiger partial charge is 0.0717 e. The lowest BCUT2D eigenvalue weighted by Gasteiger charge is -2.17. The molecule has 1 heterocycles. The molecule has 1 saturated heterocycles. The molecule has 0 radical (unpaired) electrons. The first-order valence-corrected chi connectivity index (χ1v) is 7.88. The van der Waals surface area contributed by atoms with Crippen LogP contribution in [0.15, 0.2) is 30.3 Å². The van der Waals surface area contributed by atoms with E-state index in [2.05, 4.69) is 12.1 Å². The van der Waals surface area contributed by atoms with Gasteiger partial charge in [-0.1, -0.05) is 30.3 Å². The van der Waals surface area contributed by atoms with E-state index in [1.54, 1.807) is 0 Å². The summed E-state index contributed by atoms with van der Waals surface area (Å²) in [4.78, 5) is 0. The Bertz CT molecular complexity index is 357.